The van der Waals surface area contributed by atoms with E-state index in [-0.39, 0.29) is 17.8 Å². The molecule has 4 rings (SSSR count). The molecule has 1 aliphatic heterocycles. The molecule has 1 aliphatic rings. The van der Waals surface area contributed by atoms with Gasteiger partial charge in [-0.15, -0.1) is 0 Å². The van der Waals surface area contributed by atoms with Crippen LogP contribution >= 0.6 is 0 Å². The lowest BCUT2D eigenvalue weighted by atomic mass is 10.0. The van der Waals surface area contributed by atoms with Crippen molar-refractivity contribution in [2.24, 2.45) is 0 Å². The predicted octanol–water partition coefficient (Wildman–Crippen LogP) is 4.20. The molecule has 1 unspecified atom stereocenters. The molecule has 7 nitrogen and oxygen atoms in total. The van der Waals surface area contributed by atoms with E-state index in [0.29, 0.717) is 23.6 Å². The van der Waals surface area contributed by atoms with Crippen molar-refractivity contribution in [2.75, 3.05) is 70.8 Å². The van der Waals surface area contributed by atoms with E-state index in [1.165, 1.54) is 12.1 Å². The van der Waals surface area contributed by atoms with Crippen molar-refractivity contribution in [3.63, 3.8) is 0 Å². The summed E-state index contributed by atoms with van der Waals surface area (Å²) in [4.78, 5) is 19.9. The quantitative estimate of drug-likeness (QED) is 0.470. The molecule has 3 aromatic rings. The SMILES string of the molecule is COc1cc(OC)cc(C(=O)NCC(c2ccc(N(C)C)cc2)N2CCN(c3ccc(F)cc3)CC2)c1. The Kier molecular flexibility index (Phi) is 8.50. The Hall–Kier alpha value is -3.78. The lowest BCUT2D eigenvalue weighted by Gasteiger charge is -2.40. The lowest BCUT2D eigenvalue weighted by Crippen LogP contribution is -2.50. The van der Waals surface area contributed by atoms with Gasteiger partial charge in [-0.1, -0.05) is 12.1 Å². The number of rotatable bonds is 9. The first-order valence-corrected chi connectivity index (χ1v) is 12.4. The minimum Gasteiger partial charge on any atom is -0.497 e. The van der Waals surface area contributed by atoms with Gasteiger partial charge in [0.15, 0.2) is 0 Å². The molecule has 1 saturated heterocycles. The van der Waals surface area contributed by atoms with Crippen LogP contribution in [-0.2, 0) is 0 Å². The smallest absolute Gasteiger partial charge is 0.251 e. The summed E-state index contributed by atoms with van der Waals surface area (Å²) in [6.45, 7) is 3.73. The third-order valence-corrected chi connectivity index (χ3v) is 6.81. The highest BCUT2D eigenvalue weighted by atomic mass is 19.1. The number of nitrogens with zero attached hydrogens (tertiary/aromatic N) is 3. The Labute approximate surface area is 218 Å². The van der Waals surface area contributed by atoms with E-state index in [9.17, 15) is 9.18 Å². The average Bonchev–Trinajstić information content (AvgIpc) is 2.93. The number of piperazine rings is 1. The Morgan fingerprint density at radius 1 is 0.919 bits per heavy atom. The van der Waals surface area contributed by atoms with Crippen molar-refractivity contribution >= 4 is 17.3 Å². The zero-order valence-corrected chi connectivity index (χ0v) is 21.9. The van der Waals surface area contributed by atoms with E-state index in [4.69, 9.17) is 9.47 Å². The number of halogens is 1. The van der Waals surface area contributed by atoms with Gasteiger partial charge in [-0.2, -0.15) is 0 Å². The molecule has 0 saturated carbocycles. The van der Waals surface area contributed by atoms with Gasteiger partial charge in [-0.3, -0.25) is 9.69 Å². The number of carbonyl (C=O) groups excluding carboxylic acids is 1. The van der Waals surface area contributed by atoms with Crippen LogP contribution in [0.3, 0.4) is 0 Å². The van der Waals surface area contributed by atoms with Crippen LogP contribution in [0.15, 0.2) is 66.7 Å². The third-order valence-electron chi connectivity index (χ3n) is 6.81. The second-order valence-electron chi connectivity index (χ2n) is 9.31. The molecule has 3 aromatic carbocycles. The number of methoxy groups -OCH3 is 2. The molecular formula is C29H35FN4O3. The van der Waals surface area contributed by atoms with Gasteiger partial charge in [0.05, 0.1) is 20.3 Å². The highest BCUT2D eigenvalue weighted by Gasteiger charge is 2.26. The fourth-order valence-electron chi connectivity index (χ4n) is 4.63. The molecule has 0 bridgehead atoms. The highest BCUT2D eigenvalue weighted by molar-refractivity contribution is 5.95. The maximum absolute atomic E-state index is 13.4. The Bertz CT molecular complexity index is 1150. The van der Waals surface area contributed by atoms with Gasteiger partial charge in [0.25, 0.3) is 5.91 Å². The minimum atomic E-state index is -0.229. The first kappa shape index (κ1) is 26.3. The molecule has 0 radical (unpaired) electrons. The van der Waals surface area contributed by atoms with Crippen LogP contribution in [0, 0.1) is 5.82 Å². The summed E-state index contributed by atoms with van der Waals surface area (Å²) in [5.74, 6) is 0.722. The maximum Gasteiger partial charge on any atom is 0.251 e. The van der Waals surface area contributed by atoms with Crippen LogP contribution in [0.2, 0.25) is 0 Å². The average molecular weight is 507 g/mol. The van der Waals surface area contributed by atoms with Gasteiger partial charge in [0.2, 0.25) is 0 Å². The van der Waals surface area contributed by atoms with E-state index in [2.05, 4.69) is 44.3 Å². The van der Waals surface area contributed by atoms with E-state index >= 15 is 0 Å². The largest absolute Gasteiger partial charge is 0.497 e. The van der Waals surface area contributed by atoms with Gasteiger partial charge < -0.3 is 24.6 Å². The summed E-state index contributed by atoms with van der Waals surface area (Å²) < 4.78 is 24.0. The molecule has 8 heteroatoms. The zero-order chi connectivity index (χ0) is 26.4. The summed E-state index contributed by atoms with van der Waals surface area (Å²) in [6, 6.07) is 20.3. The van der Waals surface area contributed by atoms with Gasteiger partial charge in [-0.05, 0) is 54.1 Å². The molecule has 0 aliphatic carbocycles. The molecule has 0 aromatic heterocycles. The normalized spacial score (nSPS) is 14.7. The van der Waals surface area contributed by atoms with Gasteiger partial charge >= 0.3 is 0 Å². The van der Waals surface area contributed by atoms with Gasteiger partial charge in [-0.25, -0.2) is 4.39 Å². The summed E-state index contributed by atoms with van der Waals surface area (Å²) >= 11 is 0. The number of anilines is 2. The Balaban J connectivity index is 1.50. The number of benzene rings is 3. The second kappa shape index (κ2) is 12.0. The first-order chi connectivity index (χ1) is 17.9. The lowest BCUT2D eigenvalue weighted by molar-refractivity contribution is 0.0929. The van der Waals surface area contributed by atoms with Crippen LogP contribution in [-0.4, -0.2) is 71.8 Å². The van der Waals surface area contributed by atoms with Crippen LogP contribution in [0.4, 0.5) is 15.8 Å². The number of amides is 1. The maximum atomic E-state index is 13.4. The molecular weight excluding hydrogens is 471 g/mol. The number of ether oxygens (including phenoxy) is 2. The van der Waals surface area contributed by atoms with Gasteiger partial charge in [0.1, 0.15) is 17.3 Å². The number of hydrogen-bond donors (Lipinski definition) is 1. The minimum absolute atomic E-state index is 0.00281. The van der Waals surface area contributed by atoms with Crippen molar-refractivity contribution in [2.45, 2.75) is 6.04 Å². The number of hydrogen-bond acceptors (Lipinski definition) is 6. The van der Waals surface area contributed by atoms with Crippen LogP contribution in [0.1, 0.15) is 22.0 Å². The van der Waals surface area contributed by atoms with Gasteiger partial charge in [0, 0.05) is 69.8 Å². The fraction of sp³-hybridized carbons (Fsp3) is 0.345. The summed E-state index contributed by atoms with van der Waals surface area (Å²) in [5, 5.41) is 3.13. The van der Waals surface area contributed by atoms with Crippen LogP contribution < -0.4 is 24.6 Å². The van der Waals surface area contributed by atoms with Crippen LogP contribution in [0.25, 0.3) is 0 Å². The van der Waals surface area contributed by atoms with E-state index < -0.39 is 0 Å². The van der Waals surface area contributed by atoms with Crippen molar-refractivity contribution in [3.05, 3.63) is 83.7 Å². The molecule has 1 atom stereocenters. The van der Waals surface area contributed by atoms with Crippen molar-refractivity contribution in [1.29, 1.82) is 0 Å². The van der Waals surface area contributed by atoms with E-state index in [1.54, 1.807) is 32.4 Å². The van der Waals surface area contributed by atoms with Crippen LogP contribution in [0.5, 0.6) is 11.5 Å². The molecule has 1 amide bonds. The number of nitrogens with one attached hydrogen (secondary N) is 1. The molecule has 1 N–H and O–H groups in total. The standard InChI is InChI=1S/C29H35FN4O3/c1-32(2)24-9-5-21(6-10-24)28(20-31-29(35)22-17-26(36-3)19-27(18-22)37-4)34-15-13-33(14-16-34)25-11-7-23(30)8-12-25/h5-12,17-19,28H,13-16,20H2,1-4H3,(H,31,35). The van der Waals surface area contributed by atoms with E-state index in [0.717, 1.165) is 43.1 Å². The number of carbonyl (C=O) groups is 1. The monoisotopic (exact) mass is 506 g/mol. The molecule has 196 valence electrons. The fourth-order valence-corrected chi connectivity index (χ4v) is 4.63. The van der Waals surface area contributed by atoms with Crippen molar-refractivity contribution < 1.29 is 18.7 Å². The molecule has 0 spiro atoms. The summed E-state index contributed by atoms with van der Waals surface area (Å²) in [6.07, 6.45) is 0. The second-order valence-corrected chi connectivity index (χ2v) is 9.31. The van der Waals surface area contributed by atoms with Crippen molar-refractivity contribution in [1.82, 2.24) is 10.2 Å². The molecule has 1 heterocycles. The Morgan fingerprint density at radius 2 is 1.51 bits per heavy atom. The molecule has 37 heavy (non-hydrogen) atoms. The van der Waals surface area contributed by atoms with E-state index in [1.807, 2.05) is 26.2 Å². The predicted molar refractivity (Wildman–Crippen MR) is 146 cm³/mol. The van der Waals surface area contributed by atoms with Crippen molar-refractivity contribution in [3.8, 4) is 11.5 Å². The Morgan fingerprint density at radius 3 is 2.05 bits per heavy atom. The third kappa shape index (κ3) is 6.51. The summed E-state index contributed by atoms with van der Waals surface area (Å²) in [7, 11) is 7.17. The summed E-state index contributed by atoms with van der Waals surface area (Å²) in [5.41, 5.74) is 3.77. The molecule has 1 fully saturated rings. The highest BCUT2D eigenvalue weighted by Crippen LogP contribution is 2.27. The first-order valence-electron chi connectivity index (χ1n) is 12.4. The zero-order valence-electron chi connectivity index (χ0n) is 21.9. The topological polar surface area (TPSA) is 57.3 Å².